The predicted molar refractivity (Wildman–Crippen MR) is 96.3 cm³/mol. The highest BCUT2D eigenvalue weighted by atomic mass is 35.5. The number of rotatable bonds is 7. The molecule has 1 amide bonds. The van der Waals surface area contributed by atoms with E-state index in [0.29, 0.717) is 13.1 Å². The molecule has 0 aliphatic carbocycles. The van der Waals surface area contributed by atoms with Gasteiger partial charge in [0.1, 0.15) is 10.6 Å². The predicted octanol–water partition coefficient (Wildman–Crippen LogP) is 1.08. The zero-order valence-corrected chi connectivity index (χ0v) is 16.3. The molecule has 3 N–H and O–H groups in total. The minimum Gasteiger partial charge on any atom is -0.495 e. The fourth-order valence-electron chi connectivity index (χ4n) is 2.13. The number of amides is 1. The van der Waals surface area contributed by atoms with Gasteiger partial charge in [0, 0.05) is 19.2 Å². The summed E-state index contributed by atoms with van der Waals surface area (Å²) in [5.41, 5.74) is 5.74. The number of methoxy groups -OCH3 is 1. The van der Waals surface area contributed by atoms with Crippen LogP contribution in [0.25, 0.3) is 0 Å². The van der Waals surface area contributed by atoms with E-state index in [1.54, 1.807) is 13.1 Å². The Balaban J connectivity index is 0.00000529. The summed E-state index contributed by atoms with van der Waals surface area (Å²) in [4.78, 5) is 14.0. The van der Waals surface area contributed by atoms with Crippen molar-refractivity contribution in [2.75, 3.05) is 34.3 Å². The molecule has 9 heteroatoms. The topological polar surface area (TPSA) is 102 Å². The molecular formula is C15H26ClN3O4S. The molecule has 7 nitrogen and oxygen atoms in total. The molecule has 0 atom stereocenters. The van der Waals surface area contributed by atoms with Crippen LogP contribution in [0.1, 0.15) is 24.2 Å². The van der Waals surface area contributed by atoms with Gasteiger partial charge in [0.2, 0.25) is 10.0 Å². The molecule has 0 spiro atoms. The van der Waals surface area contributed by atoms with Gasteiger partial charge >= 0.3 is 0 Å². The van der Waals surface area contributed by atoms with Crippen LogP contribution in [-0.4, -0.2) is 53.5 Å². The number of halogens is 1. The van der Waals surface area contributed by atoms with E-state index in [4.69, 9.17) is 10.5 Å². The summed E-state index contributed by atoms with van der Waals surface area (Å²) in [6.45, 7) is 4.82. The number of carbonyl (C=O) groups excluding carboxylic acids is 1. The third-order valence-electron chi connectivity index (χ3n) is 3.53. The van der Waals surface area contributed by atoms with Crippen LogP contribution in [0.2, 0.25) is 0 Å². The van der Waals surface area contributed by atoms with E-state index in [1.165, 1.54) is 31.2 Å². The minimum atomic E-state index is -3.73. The van der Waals surface area contributed by atoms with Gasteiger partial charge in [0.25, 0.3) is 5.91 Å². The van der Waals surface area contributed by atoms with Crippen LogP contribution in [0.4, 0.5) is 0 Å². The normalized spacial score (nSPS) is 11.6. The molecule has 0 bridgehead atoms. The first-order valence-corrected chi connectivity index (χ1v) is 8.63. The van der Waals surface area contributed by atoms with Crippen molar-refractivity contribution < 1.29 is 17.9 Å². The first-order chi connectivity index (χ1) is 10.6. The Labute approximate surface area is 150 Å². The molecule has 1 rings (SSSR count). The molecule has 0 aliphatic heterocycles. The van der Waals surface area contributed by atoms with Crippen LogP contribution in [0.3, 0.4) is 0 Å². The summed E-state index contributed by atoms with van der Waals surface area (Å²) in [7, 11) is 0.616. The fraction of sp³-hybridized carbons (Fsp3) is 0.533. The molecule has 0 aromatic heterocycles. The lowest BCUT2D eigenvalue weighted by Gasteiger charge is -2.29. The number of hydrogen-bond donors (Lipinski definition) is 2. The van der Waals surface area contributed by atoms with E-state index in [-0.39, 0.29) is 39.9 Å². The highest BCUT2D eigenvalue weighted by Gasteiger charge is 2.24. The van der Waals surface area contributed by atoms with Crippen LogP contribution in [0, 0.1) is 5.41 Å². The van der Waals surface area contributed by atoms with Gasteiger partial charge in [-0.15, -0.1) is 12.4 Å². The summed E-state index contributed by atoms with van der Waals surface area (Å²) >= 11 is 0. The number of sulfonamides is 1. The Morgan fingerprint density at radius 2 is 1.96 bits per heavy atom. The third-order valence-corrected chi connectivity index (χ3v) is 4.97. The van der Waals surface area contributed by atoms with Crippen molar-refractivity contribution in [1.82, 2.24) is 9.62 Å². The van der Waals surface area contributed by atoms with Crippen molar-refractivity contribution in [3.05, 3.63) is 23.8 Å². The Morgan fingerprint density at radius 3 is 2.42 bits per heavy atom. The summed E-state index contributed by atoms with van der Waals surface area (Å²) < 4.78 is 31.4. The van der Waals surface area contributed by atoms with Gasteiger partial charge in [-0.2, -0.15) is 0 Å². The molecule has 0 saturated carbocycles. The number of nitrogens with two attached hydrogens (primary N) is 1. The van der Waals surface area contributed by atoms with Gasteiger partial charge in [-0.3, -0.25) is 4.79 Å². The van der Waals surface area contributed by atoms with E-state index in [9.17, 15) is 13.2 Å². The maximum absolute atomic E-state index is 12.5. The number of nitrogens with one attached hydrogen (secondary N) is 1. The second kappa shape index (κ2) is 8.66. The summed E-state index contributed by atoms with van der Waals surface area (Å²) in [6, 6.07) is 4.33. The van der Waals surface area contributed by atoms with E-state index in [1.807, 2.05) is 13.8 Å². The zero-order chi connectivity index (χ0) is 17.8. The lowest BCUT2D eigenvalue weighted by Crippen LogP contribution is -2.39. The average Bonchev–Trinajstić information content (AvgIpc) is 2.53. The standard InChI is InChI=1S/C15H25N3O4S.ClH/c1-15(2,9-16)10-18(4)14(19)11-6-7-12(22-5)13(8-11)23(20,21)17-3;/h6-8,17H,9-10,16H2,1-5H3;1H. The van der Waals surface area contributed by atoms with Crippen LogP contribution < -0.4 is 15.2 Å². The Hall–Kier alpha value is -1.35. The zero-order valence-electron chi connectivity index (χ0n) is 14.6. The first-order valence-electron chi connectivity index (χ1n) is 7.15. The number of hydrogen-bond acceptors (Lipinski definition) is 5. The lowest BCUT2D eigenvalue weighted by atomic mass is 9.93. The second-order valence-electron chi connectivity index (χ2n) is 6.10. The SMILES string of the molecule is CNS(=O)(=O)c1cc(C(=O)N(C)CC(C)(C)CN)ccc1OC.Cl. The van der Waals surface area contributed by atoms with E-state index in [0.717, 1.165) is 0 Å². The van der Waals surface area contributed by atoms with Crippen molar-refractivity contribution in [3.63, 3.8) is 0 Å². The lowest BCUT2D eigenvalue weighted by molar-refractivity contribution is 0.0740. The van der Waals surface area contributed by atoms with Crippen LogP contribution >= 0.6 is 12.4 Å². The van der Waals surface area contributed by atoms with Gasteiger partial charge in [-0.1, -0.05) is 13.8 Å². The molecule has 0 radical (unpaired) electrons. The highest BCUT2D eigenvalue weighted by molar-refractivity contribution is 7.89. The number of benzene rings is 1. The van der Waals surface area contributed by atoms with Crippen molar-refractivity contribution in [2.45, 2.75) is 18.7 Å². The molecule has 0 fully saturated rings. The number of ether oxygens (including phenoxy) is 1. The Bertz CT molecular complexity index is 677. The van der Waals surface area contributed by atoms with Gasteiger partial charge < -0.3 is 15.4 Å². The molecule has 138 valence electrons. The average molecular weight is 380 g/mol. The van der Waals surface area contributed by atoms with Crippen LogP contribution in [0.15, 0.2) is 23.1 Å². The number of carbonyl (C=O) groups is 1. The summed E-state index contributed by atoms with van der Waals surface area (Å²) in [5.74, 6) is -0.0948. The second-order valence-corrected chi connectivity index (χ2v) is 7.96. The molecule has 0 saturated heterocycles. The summed E-state index contributed by atoms with van der Waals surface area (Å²) in [5, 5.41) is 0. The molecule has 0 heterocycles. The highest BCUT2D eigenvalue weighted by Crippen LogP contribution is 2.25. The minimum absolute atomic E-state index is 0. The van der Waals surface area contributed by atoms with Crippen LogP contribution in [0.5, 0.6) is 5.75 Å². The fourth-order valence-corrected chi connectivity index (χ4v) is 3.05. The molecule has 24 heavy (non-hydrogen) atoms. The Morgan fingerprint density at radius 1 is 1.38 bits per heavy atom. The third kappa shape index (κ3) is 5.34. The monoisotopic (exact) mass is 379 g/mol. The van der Waals surface area contributed by atoms with Gasteiger partial charge in [0.15, 0.2) is 0 Å². The van der Waals surface area contributed by atoms with Crippen molar-refractivity contribution in [2.24, 2.45) is 11.1 Å². The first kappa shape index (κ1) is 22.6. The molecule has 1 aromatic rings. The molecule has 1 aromatic carbocycles. The maximum atomic E-state index is 12.5. The quantitative estimate of drug-likeness (QED) is 0.738. The molecule has 0 unspecified atom stereocenters. The van der Waals surface area contributed by atoms with Crippen molar-refractivity contribution >= 4 is 28.3 Å². The van der Waals surface area contributed by atoms with Crippen molar-refractivity contribution in [3.8, 4) is 5.75 Å². The van der Waals surface area contributed by atoms with Crippen LogP contribution in [-0.2, 0) is 10.0 Å². The van der Waals surface area contributed by atoms with E-state index >= 15 is 0 Å². The summed E-state index contributed by atoms with van der Waals surface area (Å²) in [6.07, 6.45) is 0. The van der Waals surface area contributed by atoms with Gasteiger partial charge in [0.05, 0.1) is 7.11 Å². The largest absolute Gasteiger partial charge is 0.495 e. The maximum Gasteiger partial charge on any atom is 0.253 e. The molecule has 0 aliphatic rings. The van der Waals surface area contributed by atoms with Crippen molar-refractivity contribution in [1.29, 1.82) is 0 Å². The van der Waals surface area contributed by atoms with E-state index < -0.39 is 10.0 Å². The molecular weight excluding hydrogens is 354 g/mol. The van der Waals surface area contributed by atoms with E-state index in [2.05, 4.69) is 4.72 Å². The van der Waals surface area contributed by atoms with Gasteiger partial charge in [-0.25, -0.2) is 13.1 Å². The smallest absolute Gasteiger partial charge is 0.253 e. The number of nitrogens with zero attached hydrogens (tertiary/aromatic N) is 1. The Kier molecular flexibility index (Phi) is 8.17. The van der Waals surface area contributed by atoms with Gasteiger partial charge in [-0.05, 0) is 37.2 Å².